The monoisotopic (exact) mass is 376 g/mol. The highest BCUT2D eigenvalue weighted by Crippen LogP contribution is 2.37. The summed E-state index contributed by atoms with van der Waals surface area (Å²) in [5.41, 5.74) is 5.91. The van der Waals surface area contributed by atoms with Crippen molar-refractivity contribution in [1.82, 2.24) is 4.90 Å². The van der Waals surface area contributed by atoms with Crippen LogP contribution in [0.1, 0.15) is 30.4 Å². The molecule has 1 unspecified atom stereocenters. The molecule has 3 aliphatic rings. The molecule has 0 spiro atoms. The Labute approximate surface area is 164 Å². The van der Waals surface area contributed by atoms with E-state index in [0.717, 1.165) is 24.9 Å². The minimum atomic E-state index is -0.277. The van der Waals surface area contributed by atoms with Crippen LogP contribution in [0.15, 0.2) is 42.5 Å². The standard InChI is InChI=1S/C23H24N2O3/c26-22-13-17(14-25(22)19-7-9-28-10-8-19)23(27)24-18-5-6-21-16(12-18)11-15-3-1-2-4-20(15)21/h1-6,12,17,19H,7-11,13-14H2,(H,24,27). The van der Waals surface area contributed by atoms with E-state index in [-0.39, 0.29) is 23.8 Å². The van der Waals surface area contributed by atoms with E-state index >= 15 is 0 Å². The minimum Gasteiger partial charge on any atom is -0.381 e. The SMILES string of the molecule is O=C(Nc1ccc2c(c1)Cc1ccccc1-2)C1CC(=O)N(C2CCOCC2)C1. The molecule has 1 atom stereocenters. The summed E-state index contributed by atoms with van der Waals surface area (Å²) in [5, 5.41) is 3.04. The quantitative estimate of drug-likeness (QED) is 0.764. The summed E-state index contributed by atoms with van der Waals surface area (Å²) in [6, 6.07) is 14.8. The van der Waals surface area contributed by atoms with Crippen LogP contribution in [0.5, 0.6) is 0 Å². The molecule has 2 fully saturated rings. The second-order valence-electron chi connectivity index (χ2n) is 7.99. The predicted octanol–water partition coefficient (Wildman–Crippen LogP) is 3.22. The largest absolute Gasteiger partial charge is 0.381 e. The molecule has 2 saturated heterocycles. The molecular weight excluding hydrogens is 352 g/mol. The van der Waals surface area contributed by atoms with E-state index < -0.39 is 0 Å². The zero-order valence-corrected chi connectivity index (χ0v) is 15.8. The summed E-state index contributed by atoms with van der Waals surface area (Å²) >= 11 is 0. The third-order valence-corrected chi connectivity index (χ3v) is 6.22. The van der Waals surface area contributed by atoms with Crippen LogP contribution in [0, 0.1) is 5.92 Å². The third kappa shape index (κ3) is 3.10. The molecule has 144 valence electrons. The van der Waals surface area contributed by atoms with E-state index in [2.05, 4.69) is 41.7 Å². The van der Waals surface area contributed by atoms with Crippen molar-refractivity contribution in [2.24, 2.45) is 5.92 Å². The van der Waals surface area contributed by atoms with Crippen LogP contribution in [-0.2, 0) is 20.7 Å². The molecule has 5 rings (SSSR count). The third-order valence-electron chi connectivity index (χ3n) is 6.22. The van der Waals surface area contributed by atoms with Crippen molar-refractivity contribution in [3.63, 3.8) is 0 Å². The summed E-state index contributed by atoms with van der Waals surface area (Å²) in [6.07, 6.45) is 2.94. The van der Waals surface area contributed by atoms with Crippen molar-refractivity contribution in [2.75, 3.05) is 25.1 Å². The van der Waals surface area contributed by atoms with Gasteiger partial charge < -0.3 is 15.0 Å². The molecule has 2 heterocycles. The zero-order valence-electron chi connectivity index (χ0n) is 15.8. The van der Waals surface area contributed by atoms with E-state index in [9.17, 15) is 9.59 Å². The maximum Gasteiger partial charge on any atom is 0.229 e. The highest BCUT2D eigenvalue weighted by Gasteiger charge is 2.38. The predicted molar refractivity (Wildman–Crippen MR) is 107 cm³/mol. The lowest BCUT2D eigenvalue weighted by Crippen LogP contribution is -2.41. The first kappa shape index (κ1) is 17.4. The smallest absolute Gasteiger partial charge is 0.229 e. The average Bonchev–Trinajstić information content (AvgIpc) is 3.28. The molecule has 1 N–H and O–H groups in total. The van der Waals surface area contributed by atoms with Crippen molar-refractivity contribution < 1.29 is 14.3 Å². The molecule has 2 amide bonds. The fourth-order valence-corrected chi connectivity index (χ4v) is 4.72. The minimum absolute atomic E-state index is 0.0571. The van der Waals surface area contributed by atoms with Gasteiger partial charge in [0, 0.05) is 37.9 Å². The number of hydrogen-bond donors (Lipinski definition) is 1. The number of benzene rings is 2. The van der Waals surface area contributed by atoms with Gasteiger partial charge >= 0.3 is 0 Å². The van der Waals surface area contributed by atoms with Gasteiger partial charge in [-0.05, 0) is 53.6 Å². The number of anilines is 1. The Kier molecular flexibility index (Phi) is 4.40. The molecule has 5 heteroatoms. The molecule has 2 aromatic rings. The Morgan fingerprint density at radius 3 is 2.68 bits per heavy atom. The number of rotatable bonds is 3. The lowest BCUT2D eigenvalue weighted by molar-refractivity contribution is -0.131. The molecule has 2 aromatic carbocycles. The molecular formula is C23H24N2O3. The summed E-state index contributed by atoms with van der Waals surface area (Å²) < 4.78 is 5.39. The molecule has 0 bridgehead atoms. The number of carbonyl (C=O) groups is 2. The zero-order chi connectivity index (χ0) is 19.1. The van der Waals surface area contributed by atoms with Gasteiger partial charge in [0.2, 0.25) is 11.8 Å². The molecule has 5 nitrogen and oxygen atoms in total. The summed E-state index contributed by atoms with van der Waals surface area (Å²) in [4.78, 5) is 27.1. The van der Waals surface area contributed by atoms with E-state index in [1.54, 1.807) is 0 Å². The van der Waals surface area contributed by atoms with Crippen LogP contribution in [0.2, 0.25) is 0 Å². The Morgan fingerprint density at radius 2 is 1.82 bits per heavy atom. The highest BCUT2D eigenvalue weighted by atomic mass is 16.5. The van der Waals surface area contributed by atoms with Gasteiger partial charge in [-0.3, -0.25) is 9.59 Å². The van der Waals surface area contributed by atoms with Gasteiger partial charge in [-0.15, -0.1) is 0 Å². The number of nitrogens with zero attached hydrogens (tertiary/aromatic N) is 1. The molecule has 28 heavy (non-hydrogen) atoms. The van der Waals surface area contributed by atoms with Gasteiger partial charge in [0.15, 0.2) is 0 Å². The van der Waals surface area contributed by atoms with E-state index in [1.807, 2.05) is 11.0 Å². The van der Waals surface area contributed by atoms with E-state index in [4.69, 9.17) is 4.74 Å². The fourth-order valence-electron chi connectivity index (χ4n) is 4.72. The van der Waals surface area contributed by atoms with Crippen LogP contribution in [0.3, 0.4) is 0 Å². The van der Waals surface area contributed by atoms with Gasteiger partial charge in [-0.1, -0.05) is 30.3 Å². The number of amides is 2. The molecule has 2 aliphatic heterocycles. The second-order valence-corrected chi connectivity index (χ2v) is 7.99. The van der Waals surface area contributed by atoms with Crippen molar-refractivity contribution in [3.8, 4) is 11.1 Å². The first-order chi connectivity index (χ1) is 13.7. The Hall–Kier alpha value is -2.66. The van der Waals surface area contributed by atoms with Gasteiger partial charge in [-0.2, -0.15) is 0 Å². The Balaban J connectivity index is 1.26. The van der Waals surface area contributed by atoms with Crippen molar-refractivity contribution in [1.29, 1.82) is 0 Å². The van der Waals surface area contributed by atoms with Crippen LogP contribution in [0.25, 0.3) is 11.1 Å². The Bertz CT molecular complexity index is 933. The molecule has 0 radical (unpaired) electrons. The van der Waals surface area contributed by atoms with Gasteiger partial charge in [0.1, 0.15) is 0 Å². The lowest BCUT2D eigenvalue weighted by Gasteiger charge is -2.31. The first-order valence-corrected chi connectivity index (χ1v) is 10.1. The highest BCUT2D eigenvalue weighted by molar-refractivity contribution is 5.97. The van der Waals surface area contributed by atoms with Gasteiger partial charge in [0.05, 0.1) is 5.92 Å². The summed E-state index contributed by atoms with van der Waals surface area (Å²) in [7, 11) is 0. The van der Waals surface area contributed by atoms with Crippen LogP contribution in [-0.4, -0.2) is 42.5 Å². The first-order valence-electron chi connectivity index (χ1n) is 10.1. The van der Waals surface area contributed by atoms with Crippen molar-refractivity contribution in [2.45, 2.75) is 31.7 Å². The lowest BCUT2D eigenvalue weighted by atomic mass is 10.0. The molecule has 1 aliphatic carbocycles. The number of nitrogens with one attached hydrogen (secondary N) is 1. The fraction of sp³-hybridized carbons (Fsp3) is 0.391. The number of ether oxygens (including phenoxy) is 1. The number of fused-ring (bicyclic) bond motifs is 3. The Morgan fingerprint density at radius 1 is 1.04 bits per heavy atom. The number of hydrogen-bond acceptors (Lipinski definition) is 3. The summed E-state index contributed by atoms with van der Waals surface area (Å²) in [6.45, 7) is 1.91. The van der Waals surface area contributed by atoms with Crippen molar-refractivity contribution in [3.05, 3.63) is 53.6 Å². The van der Waals surface area contributed by atoms with E-state index in [0.29, 0.717) is 26.2 Å². The normalized spacial score (nSPS) is 21.5. The second kappa shape index (κ2) is 7.06. The van der Waals surface area contributed by atoms with Crippen LogP contribution < -0.4 is 5.32 Å². The maximum absolute atomic E-state index is 12.8. The maximum atomic E-state index is 12.8. The van der Waals surface area contributed by atoms with Crippen molar-refractivity contribution >= 4 is 17.5 Å². The topological polar surface area (TPSA) is 58.6 Å². The van der Waals surface area contributed by atoms with Gasteiger partial charge in [0.25, 0.3) is 0 Å². The van der Waals surface area contributed by atoms with Crippen LogP contribution >= 0.6 is 0 Å². The van der Waals surface area contributed by atoms with E-state index in [1.165, 1.54) is 22.3 Å². The van der Waals surface area contributed by atoms with Crippen LogP contribution in [0.4, 0.5) is 5.69 Å². The molecule has 0 aromatic heterocycles. The van der Waals surface area contributed by atoms with Gasteiger partial charge in [-0.25, -0.2) is 0 Å². The average molecular weight is 376 g/mol. The molecule has 0 saturated carbocycles. The summed E-state index contributed by atoms with van der Waals surface area (Å²) in [5.74, 6) is -0.240. The number of carbonyl (C=O) groups excluding carboxylic acids is 2. The number of likely N-dealkylation sites (tertiary alicyclic amines) is 1.